The van der Waals surface area contributed by atoms with Gasteiger partial charge in [0.2, 0.25) is 0 Å². The van der Waals surface area contributed by atoms with Crippen molar-refractivity contribution in [3.63, 3.8) is 0 Å². The zero-order valence-electron chi connectivity index (χ0n) is 11.1. The van der Waals surface area contributed by atoms with E-state index < -0.39 is 17.7 Å². The predicted molar refractivity (Wildman–Crippen MR) is 78.0 cm³/mol. The fraction of sp³-hybridized carbons (Fsp3) is 0.154. The van der Waals surface area contributed by atoms with E-state index in [1.165, 1.54) is 13.1 Å². The molecule has 0 spiro atoms. The van der Waals surface area contributed by atoms with Crippen LogP contribution >= 0.6 is 23.1 Å². The van der Waals surface area contributed by atoms with Crippen LogP contribution in [0.5, 0.6) is 0 Å². The van der Waals surface area contributed by atoms with Crippen LogP contribution in [-0.4, -0.2) is 28.4 Å². The van der Waals surface area contributed by atoms with E-state index in [4.69, 9.17) is 11.6 Å². The molecular weight excluding hydrogens is 319 g/mol. The third-order valence-corrected chi connectivity index (χ3v) is 4.16. The van der Waals surface area contributed by atoms with Crippen molar-refractivity contribution in [2.24, 2.45) is 0 Å². The first-order chi connectivity index (χ1) is 9.82. The molecule has 0 aliphatic rings. The molecule has 110 valence electrons. The van der Waals surface area contributed by atoms with Gasteiger partial charge in [0.05, 0.1) is 16.3 Å². The number of aromatic carboxylic acids is 1. The molecule has 21 heavy (non-hydrogen) atoms. The van der Waals surface area contributed by atoms with Gasteiger partial charge in [0, 0.05) is 7.05 Å². The molecule has 1 amide bonds. The standard InChI is InChI=1S/C13H10ClFN2O3S/c1-6-10(13(19)20)12(21-16-6)17(2)11(18)8-4-3-7(15)5-9(8)14/h3-5H,1-2H3,(H,19,20). The molecule has 0 aliphatic heterocycles. The van der Waals surface area contributed by atoms with Gasteiger partial charge in [-0.2, -0.15) is 4.37 Å². The second-order valence-electron chi connectivity index (χ2n) is 4.24. The van der Waals surface area contributed by atoms with Crippen LogP contribution in [0.25, 0.3) is 0 Å². The van der Waals surface area contributed by atoms with E-state index in [1.54, 1.807) is 6.92 Å². The molecule has 1 aromatic carbocycles. The van der Waals surface area contributed by atoms with E-state index in [0.29, 0.717) is 5.69 Å². The summed E-state index contributed by atoms with van der Waals surface area (Å²) in [6.07, 6.45) is 0. The monoisotopic (exact) mass is 328 g/mol. The molecule has 0 atom stereocenters. The first-order valence-corrected chi connectivity index (χ1v) is 6.90. The summed E-state index contributed by atoms with van der Waals surface area (Å²) < 4.78 is 17.0. The lowest BCUT2D eigenvalue weighted by Crippen LogP contribution is -2.27. The minimum Gasteiger partial charge on any atom is -0.478 e. The van der Waals surface area contributed by atoms with Gasteiger partial charge in [0.1, 0.15) is 16.4 Å². The van der Waals surface area contributed by atoms with Gasteiger partial charge in [0.15, 0.2) is 0 Å². The average molecular weight is 329 g/mol. The first kappa shape index (κ1) is 15.4. The van der Waals surface area contributed by atoms with Gasteiger partial charge in [-0.3, -0.25) is 4.79 Å². The first-order valence-electron chi connectivity index (χ1n) is 5.75. The number of amides is 1. The maximum atomic E-state index is 13.0. The van der Waals surface area contributed by atoms with E-state index in [-0.39, 0.29) is 21.2 Å². The number of aromatic nitrogens is 1. The SMILES string of the molecule is Cc1nsc(N(C)C(=O)c2ccc(F)cc2Cl)c1C(=O)O. The number of hydrogen-bond acceptors (Lipinski definition) is 4. The van der Waals surface area contributed by atoms with Crippen LogP contribution in [0, 0.1) is 12.7 Å². The number of nitrogens with zero attached hydrogens (tertiary/aromatic N) is 2. The number of benzene rings is 1. The summed E-state index contributed by atoms with van der Waals surface area (Å²) in [5.74, 6) is -2.26. The number of aryl methyl sites for hydroxylation is 1. The molecule has 0 aliphatic carbocycles. The van der Waals surface area contributed by atoms with Crippen LogP contribution in [0.4, 0.5) is 9.39 Å². The maximum absolute atomic E-state index is 13.0. The topological polar surface area (TPSA) is 70.5 Å². The summed E-state index contributed by atoms with van der Waals surface area (Å²) in [6, 6.07) is 3.40. The number of carbonyl (C=O) groups is 2. The minimum absolute atomic E-state index is 0.0333. The van der Waals surface area contributed by atoms with Crippen LogP contribution in [0.15, 0.2) is 18.2 Å². The Bertz CT molecular complexity index is 732. The zero-order chi connectivity index (χ0) is 15.7. The summed E-state index contributed by atoms with van der Waals surface area (Å²) in [5, 5.41) is 9.34. The number of anilines is 1. The van der Waals surface area contributed by atoms with Crippen molar-refractivity contribution < 1.29 is 19.1 Å². The molecule has 5 nitrogen and oxygen atoms in total. The fourth-order valence-corrected chi connectivity index (χ4v) is 2.86. The van der Waals surface area contributed by atoms with Crippen molar-refractivity contribution in [2.45, 2.75) is 6.92 Å². The highest BCUT2D eigenvalue weighted by Crippen LogP contribution is 2.30. The van der Waals surface area contributed by atoms with Gasteiger partial charge in [-0.25, -0.2) is 9.18 Å². The lowest BCUT2D eigenvalue weighted by Gasteiger charge is -2.16. The molecular formula is C13H10ClFN2O3S. The third kappa shape index (κ3) is 2.88. The van der Waals surface area contributed by atoms with Gasteiger partial charge in [-0.1, -0.05) is 11.6 Å². The van der Waals surface area contributed by atoms with Gasteiger partial charge in [-0.15, -0.1) is 0 Å². The number of rotatable bonds is 3. The molecule has 0 fully saturated rings. The normalized spacial score (nSPS) is 10.5. The molecule has 8 heteroatoms. The highest BCUT2D eigenvalue weighted by Gasteiger charge is 2.25. The molecule has 1 heterocycles. The van der Waals surface area contributed by atoms with Crippen molar-refractivity contribution in [1.29, 1.82) is 0 Å². The number of carboxylic acids is 1. The molecule has 1 N–H and O–H groups in total. The van der Waals surface area contributed by atoms with Gasteiger partial charge in [-0.05, 0) is 36.7 Å². The third-order valence-electron chi connectivity index (χ3n) is 2.83. The largest absolute Gasteiger partial charge is 0.478 e. The second kappa shape index (κ2) is 5.79. The van der Waals surface area contributed by atoms with Crippen LogP contribution in [0.3, 0.4) is 0 Å². The predicted octanol–water partition coefficient (Wildman–Crippen LogP) is 3.22. The summed E-state index contributed by atoms with van der Waals surface area (Å²) in [5.41, 5.74) is 0.379. The van der Waals surface area contributed by atoms with E-state index in [2.05, 4.69) is 4.37 Å². The Morgan fingerprint density at radius 3 is 2.67 bits per heavy atom. The van der Waals surface area contributed by atoms with Crippen LogP contribution in [-0.2, 0) is 0 Å². The van der Waals surface area contributed by atoms with E-state index in [9.17, 15) is 19.1 Å². The van der Waals surface area contributed by atoms with Gasteiger partial charge < -0.3 is 10.0 Å². The summed E-state index contributed by atoms with van der Waals surface area (Å²) in [7, 11) is 1.42. The molecule has 2 rings (SSSR count). The van der Waals surface area contributed by atoms with E-state index in [0.717, 1.165) is 28.6 Å². The maximum Gasteiger partial charge on any atom is 0.340 e. The van der Waals surface area contributed by atoms with Crippen molar-refractivity contribution in [1.82, 2.24) is 4.37 Å². The van der Waals surface area contributed by atoms with Crippen molar-refractivity contribution in [2.75, 3.05) is 11.9 Å². The smallest absolute Gasteiger partial charge is 0.340 e. The quantitative estimate of drug-likeness (QED) is 0.939. The highest BCUT2D eigenvalue weighted by molar-refractivity contribution is 7.11. The minimum atomic E-state index is -1.17. The second-order valence-corrected chi connectivity index (χ2v) is 5.40. The van der Waals surface area contributed by atoms with Crippen LogP contribution in [0.2, 0.25) is 5.02 Å². The molecule has 0 radical (unpaired) electrons. The lowest BCUT2D eigenvalue weighted by molar-refractivity contribution is 0.0697. The highest BCUT2D eigenvalue weighted by atomic mass is 35.5. The van der Waals surface area contributed by atoms with E-state index in [1.807, 2.05) is 0 Å². The summed E-state index contributed by atoms with van der Waals surface area (Å²) in [4.78, 5) is 24.7. The molecule has 1 aromatic heterocycles. The molecule has 2 aromatic rings. The summed E-state index contributed by atoms with van der Waals surface area (Å²) in [6.45, 7) is 1.55. The Labute approximate surface area is 128 Å². The Balaban J connectivity index is 2.42. The Kier molecular flexibility index (Phi) is 4.24. The number of carboxylic acid groups (broad SMARTS) is 1. The zero-order valence-corrected chi connectivity index (χ0v) is 12.6. The Morgan fingerprint density at radius 2 is 2.10 bits per heavy atom. The number of halogens is 2. The fourth-order valence-electron chi connectivity index (χ4n) is 1.77. The Morgan fingerprint density at radius 1 is 1.43 bits per heavy atom. The van der Waals surface area contributed by atoms with Crippen molar-refractivity contribution in [3.8, 4) is 0 Å². The van der Waals surface area contributed by atoms with E-state index >= 15 is 0 Å². The van der Waals surface area contributed by atoms with Crippen molar-refractivity contribution >= 4 is 40.0 Å². The van der Waals surface area contributed by atoms with Crippen molar-refractivity contribution in [3.05, 3.63) is 45.9 Å². The lowest BCUT2D eigenvalue weighted by atomic mass is 10.2. The van der Waals surface area contributed by atoms with Crippen LogP contribution in [0.1, 0.15) is 26.4 Å². The molecule has 0 bridgehead atoms. The Hall–Kier alpha value is -1.99. The molecule has 0 saturated carbocycles. The van der Waals surface area contributed by atoms with Gasteiger partial charge in [0.25, 0.3) is 5.91 Å². The number of hydrogen-bond donors (Lipinski definition) is 1. The molecule has 0 unspecified atom stereocenters. The summed E-state index contributed by atoms with van der Waals surface area (Å²) >= 11 is 6.75. The van der Waals surface area contributed by atoms with Gasteiger partial charge >= 0.3 is 5.97 Å². The van der Waals surface area contributed by atoms with Crippen LogP contribution < -0.4 is 4.90 Å². The molecule has 0 saturated heterocycles. The number of carbonyl (C=O) groups excluding carboxylic acids is 1. The average Bonchev–Trinajstić information content (AvgIpc) is 2.79.